The van der Waals surface area contributed by atoms with Crippen LogP contribution in [0.15, 0.2) is 31.0 Å². The summed E-state index contributed by atoms with van der Waals surface area (Å²) < 4.78 is 52.7. The van der Waals surface area contributed by atoms with Crippen LogP contribution in [0.25, 0.3) is 0 Å². The van der Waals surface area contributed by atoms with E-state index in [2.05, 4.69) is 15.3 Å². The molecule has 13 heteroatoms. The second-order valence-corrected chi connectivity index (χ2v) is 11.3. The van der Waals surface area contributed by atoms with Crippen molar-refractivity contribution >= 4 is 11.9 Å². The second kappa shape index (κ2) is 10.4. The van der Waals surface area contributed by atoms with Gasteiger partial charge in [-0.15, -0.1) is 0 Å². The van der Waals surface area contributed by atoms with Gasteiger partial charge in [0.1, 0.15) is 6.33 Å². The highest BCUT2D eigenvalue weighted by Gasteiger charge is 2.60. The molecule has 0 bridgehead atoms. The molecule has 5 heterocycles. The maximum Gasteiger partial charge on any atom is 0.417 e. The number of likely N-dealkylation sites (tertiary alicyclic amines) is 1. The topological polar surface area (TPSA) is 102 Å². The molecule has 1 saturated carbocycles. The van der Waals surface area contributed by atoms with Gasteiger partial charge in [-0.05, 0) is 36.8 Å². The molecule has 4 aliphatic rings. The first kappa shape index (κ1) is 27.2. The van der Waals surface area contributed by atoms with Gasteiger partial charge in [0, 0.05) is 82.7 Å². The van der Waals surface area contributed by atoms with Crippen molar-refractivity contribution in [2.75, 3.05) is 40.0 Å². The van der Waals surface area contributed by atoms with Gasteiger partial charge < -0.3 is 24.6 Å². The fourth-order valence-corrected chi connectivity index (χ4v) is 7.02. The van der Waals surface area contributed by atoms with Gasteiger partial charge in [0.05, 0.1) is 23.7 Å². The smallest absolute Gasteiger partial charge is 0.379 e. The molecule has 40 heavy (non-hydrogen) atoms. The molecule has 216 valence electrons. The van der Waals surface area contributed by atoms with Crippen molar-refractivity contribution in [3.8, 4) is 0 Å². The van der Waals surface area contributed by atoms with E-state index >= 15 is 0 Å². The highest BCUT2D eigenvalue weighted by atomic mass is 19.4. The average Bonchev–Trinajstić information content (AvgIpc) is 3.67. The van der Waals surface area contributed by atoms with Gasteiger partial charge in [-0.3, -0.25) is 14.3 Å². The molecule has 3 aliphatic heterocycles. The van der Waals surface area contributed by atoms with Crippen molar-refractivity contribution in [1.29, 1.82) is 0 Å². The highest BCUT2D eigenvalue weighted by molar-refractivity contribution is 5.87. The number of nitrogens with one attached hydrogen (secondary N) is 1. The Bertz CT molecular complexity index is 1260. The fraction of sp³-hybridized carbons (Fsp3) is 0.630. The van der Waals surface area contributed by atoms with Crippen LogP contribution in [0.3, 0.4) is 0 Å². The molecule has 2 amide bonds. The summed E-state index contributed by atoms with van der Waals surface area (Å²) in [5.74, 6) is -0.201. The SMILES string of the molecule is COC1COCCC1N[C@@H]1C[C@H]2CN(C(=O)n3ccnc3)C[C@@]2(C(=O)N2CCc3ncc(C(F)(F)F)cc3C2)C1. The van der Waals surface area contributed by atoms with E-state index in [0.29, 0.717) is 56.8 Å². The maximum atomic E-state index is 14.4. The molecule has 1 aliphatic carbocycles. The molecular formula is C27H33F3N6O4. The number of halogens is 3. The Morgan fingerprint density at radius 3 is 2.88 bits per heavy atom. The molecule has 1 N–H and O–H groups in total. The number of carbonyl (C=O) groups is 2. The minimum atomic E-state index is -4.51. The van der Waals surface area contributed by atoms with Gasteiger partial charge in [0.2, 0.25) is 5.91 Å². The summed E-state index contributed by atoms with van der Waals surface area (Å²) in [6.45, 7) is 2.25. The Morgan fingerprint density at radius 1 is 1.27 bits per heavy atom. The summed E-state index contributed by atoms with van der Waals surface area (Å²) in [6, 6.07) is 0.994. The molecule has 2 aromatic rings. The lowest BCUT2D eigenvalue weighted by atomic mass is 9.78. The summed E-state index contributed by atoms with van der Waals surface area (Å²) in [7, 11) is 1.66. The number of nitrogens with zero attached hydrogens (tertiary/aromatic N) is 5. The van der Waals surface area contributed by atoms with Crippen LogP contribution in [-0.4, -0.2) is 94.4 Å². The number of amides is 2. The number of aromatic nitrogens is 3. The Balaban J connectivity index is 1.25. The number of fused-ring (bicyclic) bond motifs is 2. The summed E-state index contributed by atoms with van der Waals surface area (Å²) in [5, 5.41) is 3.71. The van der Waals surface area contributed by atoms with E-state index in [-0.39, 0.29) is 49.1 Å². The maximum absolute atomic E-state index is 14.4. The van der Waals surface area contributed by atoms with Crippen LogP contribution in [0.5, 0.6) is 0 Å². The third-order valence-electron chi connectivity index (χ3n) is 9.01. The molecule has 2 unspecified atom stereocenters. The number of alkyl halides is 3. The summed E-state index contributed by atoms with van der Waals surface area (Å²) in [4.78, 5) is 39.0. The number of methoxy groups -OCH3 is 1. The van der Waals surface area contributed by atoms with Crippen LogP contribution in [0.4, 0.5) is 18.0 Å². The molecule has 0 spiro atoms. The molecular weight excluding hydrogens is 529 g/mol. The van der Waals surface area contributed by atoms with E-state index in [1.807, 2.05) is 0 Å². The molecule has 0 radical (unpaired) electrons. The third-order valence-corrected chi connectivity index (χ3v) is 9.01. The van der Waals surface area contributed by atoms with E-state index in [1.165, 1.54) is 17.1 Å². The van der Waals surface area contributed by atoms with Crippen LogP contribution in [0.1, 0.15) is 36.1 Å². The van der Waals surface area contributed by atoms with Crippen molar-refractivity contribution in [1.82, 2.24) is 29.7 Å². The predicted octanol–water partition coefficient (Wildman–Crippen LogP) is 2.32. The molecule has 2 saturated heterocycles. The Morgan fingerprint density at radius 2 is 2.12 bits per heavy atom. The van der Waals surface area contributed by atoms with Crippen molar-refractivity contribution < 1.29 is 32.2 Å². The average molecular weight is 563 g/mol. The molecule has 6 rings (SSSR count). The standard InChI is InChI=1S/C27H33F3N6O4/c1-39-23-14-40-7-3-22(23)33-20-9-19-13-36(25(38)35-6-4-31-16-35)15-26(19,10-20)24(37)34-5-2-21-17(12-34)8-18(11-32-21)27(28,29)30/h4,6,8,11,16,19-20,22-23,33H,2-3,5,7,9-10,12-15H2,1H3/t19-,20+,22?,23?,26-/m0/s1. The Hall–Kier alpha value is -3.03. The number of rotatable bonds is 4. The van der Waals surface area contributed by atoms with Crippen LogP contribution >= 0.6 is 0 Å². The highest BCUT2D eigenvalue weighted by Crippen LogP contribution is 2.51. The molecule has 2 aromatic heterocycles. The predicted molar refractivity (Wildman–Crippen MR) is 135 cm³/mol. The number of hydrogen-bond donors (Lipinski definition) is 1. The zero-order valence-electron chi connectivity index (χ0n) is 22.3. The van der Waals surface area contributed by atoms with Gasteiger partial charge in [0.15, 0.2) is 0 Å². The summed E-state index contributed by atoms with van der Waals surface area (Å²) in [5.41, 5.74) is -0.646. The number of imidazole rings is 1. The molecule has 5 atom stereocenters. The Labute approximate surface area is 229 Å². The van der Waals surface area contributed by atoms with Crippen LogP contribution < -0.4 is 5.32 Å². The lowest BCUT2D eigenvalue weighted by molar-refractivity contribution is -0.143. The van der Waals surface area contributed by atoms with Gasteiger partial charge in [-0.2, -0.15) is 13.2 Å². The third kappa shape index (κ3) is 4.88. The normalized spacial score (nSPS) is 30.3. The largest absolute Gasteiger partial charge is 0.417 e. The van der Waals surface area contributed by atoms with E-state index in [4.69, 9.17) is 9.47 Å². The van der Waals surface area contributed by atoms with Crippen LogP contribution in [0.2, 0.25) is 0 Å². The van der Waals surface area contributed by atoms with Crippen molar-refractivity contribution in [3.05, 3.63) is 47.8 Å². The van der Waals surface area contributed by atoms with Gasteiger partial charge in [-0.25, -0.2) is 9.78 Å². The van der Waals surface area contributed by atoms with Gasteiger partial charge >= 0.3 is 12.2 Å². The van der Waals surface area contributed by atoms with E-state index < -0.39 is 17.2 Å². The van der Waals surface area contributed by atoms with Crippen LogP contribution in [0, 0.1) is 11.3 Å². The summed E-state index contributed by atoms with van der Waals surface area (Å²) >= 11 is 0. The number of hydrogen-bond acceptors (Lipinski definition) is 7. The van der Waals surface area contributed by atoms with Crippen molar-refractivity contribution in [2.24, 2.45) is 11.3 Å². The van der Waals surface area contributed by atoms with E-state index in [0.717, 1.165) is 18.7 Å². The Kier molecular flexibility index (Phi) is 7.07. The minimum absolute atomic E-state index is 0.0378. The molecule has 3 fully saturated rings. The first-order valence-corrected chi connectivity index (χ1v) is 13.7. The van der Waals surface area contributed by atoms with Crippen LogP contribution in [-0.2, 0) is 33.4 Å². The first-order valence-electron chi connectivity index (χ1n) is 13.7. The van der Waals surface area contributed by atoms with E-state index in [9.17, 15) is 22.8 Å². The van der Waals surface area contributed by atoms with Crippen molar-refractivity contribution in [3.63, 3.8) is 0 Å². The quantitative estimate of drug-likeness (QED) is 0.611. The summed E-state index contributed by atoms with van der Waals surface area (Å²) in [6.07, 6.45) is 3.24. The van der Waals surface area contributed by atoms with Crippen molar-refractivity contribution in [2.45, 2.75) is 56.6 Å². The number of ether oxygens (including phenoxy) is 2. The zero-order valence-corrected chi connectivity index (χ0v) is 22.3. The fourth-order valence-electron chi connectivity index (χ4n) is 7.02. The van der Waals surface area contributed by atoms with E-state index in [1.54, 1.807) is 23.1 Å². The lowest BCUT2D eigenvalue weighted by Gasteiger charge is -2.37. The van der Waals surface area contributed by atoms with Gasteiger partial charge in [0.25, 0.3) is 0 Å². The number of pyridine rings is 1. The van der Waals surface area contributed by atoms with Gasteiger partial charge in [-0.1, -0.05) is 0 Å². The molecule has 0 aromatic carbocycles. The first-order chi connectivity index (χ1) is 19.2. The second-order valence-electron chi connectivity index (χ2n) is 11.3. The zero-order chi connectivity index (χ0) is 28.1. The number of carbonyl (C=O) groups excluding carboxylic acids is 2. The lowest BCUT2D eigenvalue weighted by Crippen LogP contribution is -2.52. The minimum Gasteiger partial charge on any atom is -0.379 e. The monoisotopic (exact) mass is 562 g/mol. The molecule has 10 nitrogen and oxygen atoms in total.